The second-order valence-electron chi connectivity index (χ2n) is 11.0. The molecule has 2 unspecified atom stereocenters. The number of carbonyl (C=O) groups excluding carboxylic acids is 5. The van der Waals surface area contributed by atoms with Crippen LogP contribution in [-0.2, 0) is 43.2 Å². The van der Waals surface area contributed by atoms with E-state index < -0.39 is 29.8 Å². The number of hydrogen-bond acceptors (Lipinski definition) is 11. The normalized spacial score (nSPS) is 16.7. The molecule has 0 aliphatic carbocycles. The second kappa shape index (κ2) is 12.9. The Morgan fingerprint density at radius 2 is 1.09 bits per heavy atom. The summed E-state index contributed by atoms with van der Waals surface area (Å²) in [4.78, 5) is 61.5. The van der Waals surface area contributed by atoms with Crippen LogP contribution in [0.3, 0.4) is 0 Å². The summed E-state index contributed by atoms with van der Waals surface area (Å²) in [7, 11) is 0. The Morgan fingerprint density at radius 3 is 1.60 bits per heavy atom. The van der Waals surface area contributed by atoms with Crippen LogP contribution >= 0.6 is 0 Å². The number of ether oxygens (including phenoxy) is 5. The first-order valence-corrected chi connectivity index (χ1v) is 14.5. The van der Waals surface area contributed by atoms with Crippen LogP contribution in [0.15, 0.2) is 48.5 Å². The molecule has 45 heavy (non-hydrogen) atoms. The van der Waals surface area contributed by atoms with Gasteiger partial charge in [-0.05, 0) is 83.5 Å². The van der Waals surface area contributed by atoms with Gasteiger partial charge in [-0.25, -0.2) is 0 Å². The zero-order valence-corrected chi connectivity index (χ0v) is 25.6. The van der Waals surface area contributed by atoms with Gasteiger partial charge in [0.25, 0.3) is 0 Å². The van der Waals surface area contributed by atoms with Crippen molar-refractivity contribution in [1.82, 2.24) is 4.90 Å². The van der Waals surface area contributed by atoms with Gasteiger partial charge in [-0.2, -0.15) is 0 Å². The van der Waals surface area contributed by atoms with Crippen molar-refractivity contribution in [2.24, 2.45) is 0 Å². The van der Waals surface area contributed by atoms with Gasteiger partial charge < -0.3 is 23.7 Å². The summed E-state index contributed by atoms with van der Waals surface area (Å²) in [5, 5.41) is 0. The molecule has 0 aromatic heterocycles. The summed E-state index contributed by atoms with van der Waals surface area (Å²) in [6.45, 7) is 7.10. The van der Waals surface area contributed by atoms with Crippen LogP contribution in [0.2, 0.25) is 0 Å². The van der Waals surface area contributed by atoms with E-state index in [0.717, 1.165) is 27.8 Å². The minimum absolute atomic E-state index is 0.135. The van der Waals surface area contributed by atoms with E-state index in [2.05, 4.69) is 4.90 Å². The highest BCUT2D eigenvalue weighted by Crippen LogP contribution is 2.49. The molecule has 2 atom stereocenters. The van der Waals surface area contributed by atoms with Gasteiger partial charge in [0.05, 0.1) is 0 Å². The Balaban J connectivity index is 1.63. The molecule has 0 saturated heterocycles. The quantitative estimate of drug-likeness (QED) is 0.269. The van der Waals surface area contributed by atoms with Crippen LogP contribution in [-0.4, -0.2) is 41.3 Å². The fourth-order valence-electron chi connectivity index (χ4n) is 6.07. The van der Waals surface area contributed by atoms with Gasteiger partial charge in [0.1, 0.15) is 5.75 Å². The number of esters is 5. The Hall–Kier alpha value is -5.03. The van der Waals surface area contributed by atoms with Crippen LogP contribution < -0.4 is 23.7 Å². The molecule has 0 bridgehead atoms. The summed E-state index contributed by atoms with van der Waals surface area (Å²) in [5.74, 6) is -1.57. The summed E-state index contributed by atoms with van der Waals surface area (Å²) in [6.07, 6.45) is 1.68. The molecular weight excluding hydrogens is 582 g/mol. The lowest BCUT2D eigenvalue weighted by Gasteiger charge is -2.47. The number of carbonyl (C=O) groups is 5. The molecule has 11 nitrogen and oxygen atoms in total. The molecule has 0 N–H and O–H groups in total. The van der Waals surface area contributed by atoms with Crippen LogP contribution in [0.4, 0.5) is 0 Å². The summed E-state index contributed by atoms with van der Waals surface area (Å²) >= 11 is 0. The average Bonchev–Trinajstić information content (AvgIpc) is 2.93. The maximum Gasteiger partial charge on any atom is 0.308 e. The third-order valence-corrected chi connectivity index (χ3v) is 7.61. The minimum Gasteiger partial charge on any atom is -0.427 e. The number of fused-ring (bicyclic) bond motifs is 4. The largest absolute Gasteiger partial charge is 0.427 e. The first-order valence-electron chi connectivity index (χ1n) is 14.5. The average molecular weight is 616 g/mol. The zero-order chi connectivity index (χ0) is 32.4. The van der Waals surface area contributed by atoms with Crippen molar-refractivity contribution in [1.29, 1.82) is 0 Å². The van der Waals surface area contributed by atoms with Crippen LogP contribution in [0.1, 0.15) is 74.5 Å². The first kappa shape index (κ1) is 31.4. The van der Waals surface area contributed by atoms with Crippen molar-refractivity contribution >= 4 is 29.8 Å². The molecule has 2 heterocycles. The highest BCUT2D eigenvalue weighted by Gasteiger charge is 2.40. The minimum atomic E-state index is -0.558. The zero-order valence-electron chi connectivity index (χ0n) is 25.6. The highest BCUT2D eigenvalue weighted by atomic mass is 16.6. The molecule has 2 aliphatic rings. The predicted molar refractivity (Wildman–Crippen MR) is 159 cm³/mol. The van der Waals surface area contributed by atoms with E-state index in [1.807, 2.05) is 12.1 Å². The van der Waals surface area contributed by atoms with E-state index in [-0.39, 0.29) is 35.1 Å². The maximum absolute atomic E-state index is 12.0. The standard InChI is InChI=1S/C34H33NO10/c1-18(36)41-26-8-6-23(7-9-26)12-29-28-17-34(45-22(5)40)32(43-20(3)38)15-25(28)13-30-27-16-33(44-21(4)39)31(42-19(2)37)14-24(27)10-11-35(29)30/h6-9,14-17,29-30H,10-13H2,1-5H3. The molecule has 3 aromatic carbocycles. The fourth-order valence-corrected chi connectivity index (χ4v) is 6.07. The second-order valence-corrected chi connectivity index (χ2v) is 11.0. The number of hydrogen-bond donors (Lipinski definition) is 0. The topological polar surface area (TPSA) is 135 Å². The van der Waals surface area contributed by atoms with Gasteiger partial charge in [-0.1, -0.05) is 12.1 Å². The van der Waals surface area contributed by atoms with Crippen molar-refractivity contribution in [3.63, 3.8) is 0 Å². The van der Waals surface area contributed by atoms with E-state index in [1.54, 1.807) is 36.4 Å². The Bertz CT molecular complexity index is 1690. The lowest BCUT2D eigenvalue weighted by atomic mass is 9.79. The highest BCUT2D eigenvalue weighted by molar-refractivity contribution is 5.75. The molecule has 0 fully saturated rings. The smallest absolute Gasteiger partial charge is 0.308 e. The summed E-state index contributed by atoms with van der Waals surface area (Å²) < 4.78 is 27.0. The summed E-state index contributed by atoms with van der Waals surface area (Å²) in [5.41, 5.74) is 4.62. The monoisotopic (exact) mass is 615 g/mol. The Kier molecular flexibility index (Phi) is 9.01. The molecular formula is C34H33NO10. The molecule has 0 saturated carbocycles. The Morgan fingerprint density at radius 1 is 0.622 bits per heavy atom. The molecule has 2 aliphatic heterocycles. The number of rotatable bonds is 7. The number of nitrogens with zero attached hydrogens (tertiary/aromatic N) is 1. The van der Waals surface area contributed by atoms with Crippen LogP contribution in [0.5, 0.6) is 28.7 Å². The lowest BCUT2D eigenvalue weighted by Crippen LogP contribution is -2.43. The van der Waals surface area contributed by atoms with Gasteiger partial charge >= 0.3 is 29.8 Å². The lowest BCUT2D eigenvalue weighted by molar-refractivity contribution is -0.134. The molecule has 5 rings (SSSR count). The van der Waals surface area contributed by atoms with Gasteiger partial charge in [-0.15, -0.1) is 0 Å². The van der Waals surface area contributed by atoms with Crippen molar-refractivity contribution in [2.75, 3.05) is 6.54 Å². The van der Waals surface area contributed by atoms with E-state index in [4.69, 9.17) is 23.7 Å². The molecule has 0 spiro atoms. The van der Waals surface area contributed by atoms with E-state index in [1.165, 1.54) is 34.6 Å². The molecule has 0 amide bonds. The van der Waals surface area contributed by atoms with Crippen molar-refractivity contribution in [3.05, 3.63) is 76.3 Å². The Labute approximate surface area is 260 Å². The third-order valence-electron chi connectivity index (χ3n) is 7.61. The third kappa shape index (κ3) is 7.21. The van der Waals surface area contributed by atoms with Crippen LogP contribution in [0.25, 0.3) is 0 Å². The summed E-state index contributed by atoms with van der Waals surface area (Å²) in [6, 6.07) is 13.9. The molecule has 3 aromatic rings. The van der Waals surface area contributed by atoms with E-state index in [9.17, 15) is 24.0 Å². The van der Waals surface area contributed by atoms with E-state index in [0.29, 0.717) is 31.6 Å². The fraction of sp³-hybridized carbons (Fsp3) is 0.324. The number of benzene rings is 3. The molecule has 0 radical (unpaired) electrons. The van der Waals surface area contributed by atoms with Gasteiger partial charge in [-0.3, -0.25) is 28.9 Å². The van der Waals surface area contributed by atoms with Crippen LogP contribution in [0, 0.1) is 0 Å². The molecule has 11 heteroatoms. The van der Waals surface area contributed by atoms with Crippen molar-refractivity contribution < 1.29 is 47.7 Å². The maximum atomic E-state index is 12.0. The van der Waals surface area contributed by atoms with E-state index >= 15 is 0 Å². The SMILES string of the molecule is CC(=O)Oc1ccc(CC2c3cc(OC(C)=O)c(OC(C)=O)cc3CC3c4cc(OC(C)=O)c(OC(C)=O)cc4CCN23)cc1. The van der Waals surface area contributed by atoms with Gasteiger partial charge in [0.2, 0.25) is 0 Å². The van der Waals surface area contributed by atoms with Crippen molar-refractivity contribution in [3.8, 4) is 28.7 Å². The van der Waals surface area contributed by atoms with Crippen molar-refractivity contribution in [2.45, 2.75) is 66.0 Å². The first-order chi connectivity index (χ1) is 21.4. The predicted octanol–water partition coefficient (Wildman–Crippen LogP) is 4.75. The van der Waals surface area contributed by atoms with Gasteiger partial charge in [0, 0.05) is 53.2 Å². The molecule has 234 valence electrons. The van der Waals surface area contributed by atoms with Gasteiger partial charge in [0.15, 0.2) is 23.0 Å².